The standard InChI is InChI=1S/C16H27N5/c1-12-9-13(10-17-16(2,3)4)19-15(18-12)14-11-20-5-7-21(14)8-6-20/h9,14,17H,5-8,10-11H2,1-4H3. The van der Waals surface area contributed by atoms with Crippen LogP contribution in [0.1, 0.15) is 44.0 Å². The first-order valence-corrected chi connectivity index (χ1v) is 7.97. The van der Waals surface area contributed by atoms with E-state index in [1.165, 1.54) is 13.1 Å². The van der Waals surface area contributed by atoms with Gasteiger partial charge in [-0.2, -0.15) is 0 Å². The number of nitrogens with zero attached hydrogens (tertiary/aromatic N) is 4. The predicted octanol–water partition coefficient (Wildman–Crippen LogP) is 1.35. The van der Waals surface area contributed by atoms with Gasteiger partial charge in [-0.3, -0.25) is 9.80 Å². The summed E-state index contributed by atoms with van der Waals surface area (Å²) in [5.74, 6) is 1.00. The lowest BCUT2D eigenvalue weighted by molar-refractivity contribution is 0.00848. The van der Waals surface area contributed by atoms with Crippen LogP contribution in [0.5, 0.6) is 0 Å². The van der Waals surface area contributed by atoms with Crippen molar-refractivity contribution in [3.05, 3.63) is 23.3 Å². The van der Waals surface area contributed by atoms with Gasteiger partial charge in [0.15, 0.2) is 0 Å². The first kappa shape index (κ1) is 14.9. The van der Waals surface area contributed by atoms with E-state index in [0.29, 0.717) is 6.04 Å². The first-order chi connectivity index (χ1) is 9.90. The average Bonchev–Trinajstić information content (AvgIpc) is 2.45. The third-order valence-corrected chi connectivity index (χ3v) is 4.30. The van der Waals surface area contributed by atoms with Gasteiger partial charge >= 0.3 is 0 Å². The molecule has 2 bridgehead atoms. The Balaban J connectivity index is 1.78. The predicted molar refractivity (Wildman–Crippen MR) is 84.1 cm³/mol. The molecule has 3 fully saturated rings. The monoisotopic (exact) mass is 289 g/mol. The Labute approximate surface area is 127 Å². The lowest BCUT2D eigenvalue weighted by Gasteiger charge is -2.46. The Morgan fingerprint density at radius 1 is 1.19 bits per heavy atom. The molecule has 3 aliphatic rings. The fourth-order valence-electron chi connectivity index (χ4n) is 3.12. The van der Waals surface area contributed by atoms with Crippen LogP contribution in [0, 0.1) is 6.92 Å². The fraction of sp³-hybridized carbons (Fsp3) is 0.750. The van der Waals surface area contributed by atoms with Crippen LogP contribution in [0.4, 0.5) is 0 Å². The summed E-state index contributed by atoms with van der Waals surface area (Å²) in [7, 11) is 0. The molecular formula is C16H27N5. The summed E-state index contributed by atoms with van der Waals surface area (Å²) in [6.45, 7) is 15.2. The third-order valence-electron chi connectivity index (χ3n) is 4.30. The smallest absolute Gasteiger partial charge is 0.147 e. The Morgan fingerprint density at radius 2 is 1.90 bits per heavy atom. The topological polar surface area (TPSA) is 44.3 Å². The number of piperazine rings is 3. The highest BCUT2D eigenvalue weighted by atomic mass is 15.4. The largest absolute Gasteiger partial charge is 0.306 e. The van der Waals surface area contributed by atoms with Gasteiger partial charge in [0, 0.05) is 50.5 Å². The van der Waals surface area contributed by atoms with E-state index in [9.17, 15) is 0 Å². The molecule has 0 aliphatic carbocycles. The van der Waals surface area contributed by atoms with Crippen LogP contribution in [-0.4, -0.2) is 58.0 Å². The molecular weight excluding hydrogens is 262 g/mol. The Bertz CT molecular complexity index is 500. The molecule has 1 atom stereocenters. The second kappa shape index (κ2) is 5.63. The Kier molecular flexibility index (Phi) is 3.99. The quantitative estimate of drug-likeness (QED) is 0.910. The van der Waals surface area contributed by atoms with Gasteiger partial charge in [0.1, 0.15) is 5.82 Å². The number of hydrogen-bond acceptors (Lipinski definition) is 5. The van der Waals surface area contributed by atoms with Gasteiger partial charge in [-0.1, -0.05) is 0 Å². The van der Waals surface area contributed by atoms with Crippen LogP contribution in [0.15, 0.2) is 6.07 Å². The Hall–Kier alpha value is -1.04. The van der Waals surface area contributed by atoms with Crippen LogP contribution in [-0.2, 0) is 6.54 Å². The molecule has 4 heterocycles. The van der Waals surface area contributed by atoms with E-state index in [1.807, 2.05) is 0 Å². The molecule has 1 aromatic heterocycles. The highest BCUT2D eigenvalue weighted by Gasteiger charge is 2.34. The van der Waals surface area contributed by atoms with E-state index in [4.69, 9.17) is 9.97 Å². The maximum atomic E-state index is 4.84. The van der Waals surface area contributed by atoms with Crippen molar-refractivity contribution in [1.82, 2.24) is 25.1 Å². The normalized spacial score (nSPS) is 28.9. The zero-order valence-corrected chi connectivity index (χ0v) is 13.7. The molecule has 0 radical (unpaired) electrons. The minimum absolute atomic E-state index is 0.109. The molecule has 5 heteroatoms. The average molecular weight is 289 g/mol. The van der Waals surface area contributed by atoms with E-state index in [2.05, 4.69) is 48.9 Å². The number of rotatable bonds is 3. The number of hydrogen-bond donors (Lipinski definition) is 1. The summed E-state index contributed by atoms with van der Waals surface area (Å²) >= 11 is 0. The van der Waals surface area contributed by atoms with Crippen LogP contribution < -0.4 is 5.32 Å². The van der Waals surface area contributed by atoms with Gasteiger partial charge in [-0.15, -0.1) is 0 Å². The molecule has 0 aromatic carbocycles. The Morgan fingerprint density at radius 3 is 2.48 bits per heavy atom. The molecule has 1 unspecified atom stereocenters. The van der Waals surface area contributed by atoms with Gasteiger partial charge in [0.2, 0.25) is 0 Å². The highest BCUT2D eigenvalue weighted by Crippen LogP contribution is 2.26. The van der Waals surface area contributed by atoms with Crippen molar-refractivity contribution in [2.75, 3.05) is 32.7 Å². The maximum absolute atomic E-state index is 4.84. The van der Waals surface area contributed by atoms with E-state index in [0.717, 1.165) is 43.4 Å². The molecule has 0 amide bonds. The molecule has 1 aromatic rings. The van der Waals surface area contributed by atoms with Crippen molar-refractivity contribution >= 4 is 0 Å². The summed E-state index contributed by atoms with van der Waals surface area (Å²) < 4.78 is 0. The van der Waals surface area contributed by atoms with E-state index in [1.54, 1.807) is 0 Å². The summed E-state index contributed by atoms with van der Waals surface area (Å²) in [5.41, 5.74) is 2.28. The van der Waals surface area contributed by atoms with Crippen molar-refractivity contribution in [3.63, 3.8) is 0 Å². The highest BCUT2D eigenvalue weighted by molar-refractivity contribution is 5.14. The van der Waals surface area contributed by atoms with Crippen molar-refractivity contribution in [2.24, 2.45) is 0 Å². The van der Waals surface area contributed by atoms with E-state index < -0.39 is 0 Å². The van der Waals surface area contributed by atoms with E-state index in [-0.39, 0.29) is 5.54 Å². The lowest BCUT2D eigenvalue weighted by atomic mass is 10.1. The number of aromatic nitrogens is 2. The molecule has 1 N–H and O–H groups in total. The molecule has 116 valence electrons. The lowest BCUT2D eigenvalue weighted by Crippen LogP contribution is -2.57. The van der Waals surface area contributed by atoms with Gasteiger partial charge < -0.3 is 5.32 Å². The third kappa shape index (κ3) is 3.59. The minimum atomic E-state index is 0.109. The number of aryl methyl sites for hydroxylation is 1. The van der Waals surface area contributed by atoms with Crippen molar-refractivity contribution in [2.45, 2.75) is 45.8 Å². The summed E-state index contributed by atoms with van der Waals surface area (Å²) in [5, 5.41) is 3.52. The van der Waals surface area contributed by atoms with Crippen LogP contribution in [0.2, 0.25) is 0 Å². The van der Waals surface area contributed by atoms with Crippen molar-refractivity contribution in [1.29, 1.82) is 0 Å². The molecule has 21 heavy (non-hydrogen) atoms. The van der Waals surface area contributed by atoms with Crippen LogP contribution in [0.25, 0.3) is 0 Å². The minimum Gasteiger partial charge on any atom is -0.306 e. The molecule has 0 saturated carbocycles. The molecule has 3 saturated heterocycles. The molecule has 3 aliphatic heterocycles. The maximum Gasteiger partial charge on any atom is 0.147 e. The SMILES string of the molecule is Cc1cc(CNC(C)(C)C)nc(C2CN3CCN2CC3)n1. The van der Waals surface area contributed by atoms with Crippen molar-refractivity contribution in [3.8, 4) is 0 Å². The first-order valence-electron chi connectivity index (χ1n) is 7.97. The molecule has 0 spiro atoms. The van der Waals surface area contributed by atoms with Gasteiger partial charge in [-0.25, -0.2) is 9.97 Å². The van der Waals surface area contributed by atoms with Gasteiger partial charge in [-0.05, 0) is 33.8 Å². The number of nitrogens with one attached hydrogen (secondary N) is 1. The molecule has 4 rings (SSSR count). The van der Waals surface area contributed by atoms with Crippen molar-refractivity contribution < 1.29 is 0 Å². The zero-order chi connectivity index (χ0) is 15.0. The van der Waals surface area contributed by atoms with E-state index >= 15 is 0 Å². The van der Waals surface area contributed by atoms with Crippen LogP contribution >= 0.6 is 0 Å². The zero-order valence-electron chi connectivity index (χ0n) is 13.7. The summed E-state index contributed by atoms with van der Waals surface area (Å²) in [6.07, 6.45) is 0. The summed E-state index contributed by atoms with van der Waals surface area (Å²) in [4.78, 5) is 14.6. The second-order valence-electron chi connectivity index (χ2n) is 7.31. The number of fused-ring (bicyclic) bond motifs is 3. The second-order valence-corrected chi connectivity index (χ2v) is 7.31. The van der Waals surface area contributed by atoms with Crippen LogP contribution in [0.3, 0.4) is 0 Å². The van der Waals surface area contributed by atoms with Gasteiger partial charge in [0.25, 0.3) is 0 Å². The molecule has 5 nitrogen and oxygen atoms in total. The fourth-order valence-corrected chi connectivity index (χ4v) is 3.12. The summed E-state index contributed by atoms with van der Waals surface area (Å²) in [6, 6.07) is 2.47. The van der Waals surface area contributed by atoms with Gasteiger partial charge in [0.05, 0.1) is 11.7 Å².